The van der Waals surface area contributed by atoms with Crippen molar-refractivity contribution in [3.8, 4) is 0 Å². The van der Waals surface area contributed by atoms with Crippen LogP contribution in [0, 0.1) is 13.8 Å². The van der Waals surface area contributed by atoms with E-state index >= 15 is 0 Å². The maximum absolute atomic E-state index is 6.17. The highest BCUT2D eigenvalue weighted by Gasteiger charge is 2.18. The average molecular weight is 395 g/mol. The molecule has 0 heterocycles. The van der Waals surface area contributed by atoms with Crippen molar-refractivity contribution < 1.29 is 4.74 Å². The van der Waals surface area contributed by atoms with Gasteiger partial charge in [-0.1, -0.05) is 91.8 Å². The molecule has 0 fully saturated rings. The van der Waals surface area contributed by atoms with E-state index in [2.05, 4.69) is 106 Å². The molecule has 1 nitrogen and oxygen atoms in total. The second-order valence-corrected chi connectivity index (χ2v) is 11.0. The van der Waals surface area contributed by atoms with Crippen LogP contribution in [0.15, 0.2) is 36.4 Å². The fourth-order valence-corrected chi connectivity index (χ4v) is 3.99. The van der Waals surface area contributed by atoms with E-state index in [1.807, 2.05) is 0 Å². The molecule has 160 valence electrons. The van der Waals surface area contributed by atoms with Crippen LogP contribution in [-0.4, -0.2) is 13.2 Å². The Bertz CT molecular complexity index is 748. The van der Waals surface area contributed by atoms with Gasteiger partial charge < -0.3 is 4.74 Å². The van der Waals surface area contributed by atoms with Crippen molar-refractivity contribution in [3.63, 3.8) is 0 Å². The lowest BCUT2D eigenvalue weighted by molar-refractivity contribution is 0.113. The van der Waals surface area contributed by atoms with Gasteiger partial charge in [0.05, 0.1) is 13.2 Å². The molecule has 0 aliphatic carbocycles. The lowest BCUT2D eigenvalue weighted by atomic mass is 9.84. The summed E-state index contributed by atoms with van der Waals surface area (Å²) in [7, 11) is 0. The highest BCUT2D eigenvalue weighted by molar-refractivity contribution is 5.37. The third-order valence-corrected chi connectivity index (χ3v) is 6.07. The van der Waals surface area contributed by atoms with Crippen LogP contribution in [0.5, 0.6) is 0 Å². The topological polar surface area (TPSA) is 9.23 Å². The van der Waals surface area contributed by atoms with Crippen LogP contribution in [0.2, 0.25) is 0 Å². The number of hydrogen-bond donors (Lipinski definition) is 0. The predicted molar refractivity (Wildman–Crippen MR) is 127 cm³/mol. The van der Waals surface area contributed by atoms with Crippen LogP contribution in [0.3, 0.4) is 0 Å². The molecule has 0 spiro atoms. The lowest BCUT2D eigenvalue weighted by Crippen LogP contribution is -2.15. The molecule has 0 N–H and O–H groups in total. The zero-order chi connectivity index (χ0) is 22.0. The second-order valence-electron chi connectivity index (χ2n) is 11.0. The summed E-state index contributed by atoms with van der Waals surface area (Å²) in [4.78, 5) is 0. The van der Waals surface area contributed by atoms with Crippen LogP contribution in [-0.2, 0) is 15.6 Å². The third-order valence-electron chi connectivity index (χ3n) is 6.07. The van der Waals surface area contributed by atoms with E-state index in [-0.39, 0.29) is 10.8 Å². The van der Waals surface area contributed by atoms with E-state index in [0.717, 1.165) is 13.2 Å². The molecule has 0 radical (unpaired) electrons. The van der Waals surface area contributed by atoms with E-state index in [1.165, 1.54) is 33.4 Å². The number of benzene rings is 2. The van der Waals surface area contributed by atoms with Gasteiger partial charge in [0.25, 0.3) is 0 Å². The maximum atomic E-state index is 6.17. The quantitative estimate of drug-likeness (QED) is 0.485. The number of aryl methyl sites for hydroxylation is 2. The van der Waals surface area contributed by atoms with Gasteiger partial charge in [0.2, 0.25) is 0 Å². The Hall–Kier alpha value is -1.60. The first-order valence-electron chi connectivity index (χ1n) is 11.1. The Morgan fingerprint density at radius 1 is 0.655 bits per heavy atom. The summed E-state index contributed by atoms with van der Waals surface area (Å²) >= 11 is 0. The van der Waals surface area contributed by atoms with Crippen molar-refractivity contribution in [3.05, 3.63) is 69.8 Å². The smallest absolute Gasteiger partial charge is 0.0532 e. The fraction of sp³-hybridized carbons (Fsp3) is 0.571. The van der Waals surface area contributed by atoms with Crippen LogP contribution in [0.4, 0.5) is 0 Å². The standard InChI is InChI=1S/C28H42O/c1-19-15-23(27(5,6)7)11-13-25(19)21(3)17-29-18-22(4)26-14-12-24(16-20(26)2)28(8,9)10/h11-16,21-22H,17-18H2,1-10H3. The fourth-order valence-electron chi connectivity index (χ4n) is 3.99. The maximum Gasteiger partial charge on any atom is 0.0532 e. The molecule has 2 rings (SSSR count). The molecule has 0 saturated carbocycles. The van der Waals surface area contributed by atoms with Gasteiger partial charge in [0.15, 0.2) is 0 Å². The summed E-state index contributed by atoms with van der Waals surface area (Å²) in [5.74, 6) is 0.807. The van der Waals surface area contributed by atoms with Crippen LogP contribution in [0.1, 0.15) is 101 Å². The van der Waals surface area contributed by atoms with Crippen molar-refractivity contribution >= 4 is 0 Å². The number of ether oxygens (including phenoxy) is 1. The van der Waals surface area contributed by atoms with Crippen molar-refractivity contribution in [2.24, 2.45) is 0 Å². The summed E-state index contributed by atoms with van der Waals surface area (Å²) in [5.41, 5.74) is 8.72. The summed E-state index contributed by atoms with van der Waals surface area (Å²) < 4.78 is 6.17. The highest BCUT2D eigenvalue weighted by atomic mass is 16.5. The molecule has 0 amide bonds. The molecule has 0 aliphatic heterocycles. The van der Waals surface area contributed by atoms with Crippen LogP contribution in [0.25, 0.3) is 0 Å². The molecule has 29 heavy (non-hydrogen) atoms. The first-order valence-corrected chi connectivity index (χ1v) is 11.1. The van der Waals surface area contributed by atoms with E-state index in [1.54, 1.807) is 0 Å². The van der Waals surface area contributed by atoms with Gasteiger partial charge in [0, 0.05) is 11.8 Å². The third kappa shape index (κ3) is 6.19. The van der Waals surface area contributed by atoms with Crippen molar-refractivity contribution in [2.75, 3.05) is 13.2 Å². The lowest BCUT2D eigenvalue weighted by Gasteiger charge is -2.24. The van der Waals surface area contributed by atoms with Gasteiger partial charge >= 0.3 is 0 Å². The summed E-state index contributed by atoms with van der Waals surface area (Å²) in [6, 6.07) is 13.8. The SMILES string of the molecule is Cc1cc(C(C)(C)C)ccc1C(C)COCC(C)c1ccc(C(C)(C)C)cc1C. The van der Waals surface area contributed by atoms with Crippen molar-refractivity contribution in [1.82, 2.24) is 0 Å². The predicted octanol–water partition coefficient (Wildman–Crippen LogP) is 7.82. The first-order chi connectivity index (χ1) is 13.3. The van der Waals surface area contributed by atoms with Crippen molar-refractivity contribution in [2.45, 2.75) is 91.9 Å². The Kier molecular flexibility index (Phi) is 7.38. The molecule has 2 aromatic carbocycles. The molecule has 1 heteroatoms. The van der Waals surface area contributed by atoms with E-state index in [0.29, 0.717) is 11.8 Å². The molecular weight excluding hydrogens is 352 g/mol. The zero-order valence-corrected chi connectivity index (χ0v) is 20.4. The molecule has 0 aromatic heterocycles. The van der Waals surface area contributed by atoms with E-state index in [9.17, 15) is 0 Å². The monoisotopic (exact) mass is 394 g/mol. The summed E-state index contributed by atoms with van der Waals surface area (Å²) in [6.45, 7) is 24.1. The van der Waals surface area contributed by atoms with E-state index < -0.39 is 0 Å². The number of hydrogen-bond acceptors (Lipinski definition) is 1. The Morgan fingerprint density at radius 2 is 1.00 bits per heavy atom. The normalized spacial score (nSPS) is 14.7. The minimum absolute atomic E-state index is 0.193. The molecule has 2 atom stereocenters. The first kappa shape index (κ1) is 23.7. The van der Waals surface area contributed by atoms with Gasteiger partial charge in [0.1, 0.15) is 0 Å². The van der Waals surface area contributed by atoms with Crippen LogP contribution < -0.4 is 0 Å². The Balaban J connectivity index is 1.97. The highest BCUT2D eigenvalue weighted by Crippen LogP contribution is 2.29. The molecule has 2 aromatic rings. The average Bonchev–Trinajstić information content (AvgIpc) is 2.59. The van der Waals surface area contributed by atoms with Gasteiger partial charge in [-0.05, 0) is 58.1 Å². The van der Waals surface area contributed by atoms with Gasteiger partial charge in [-0.3, -0.25) is 0 Å². The van der Waals surface area contributed by atoms with E-state index in [4.69, 9.17) is 4.74 Å². The minimum Gasteiger partial charge on any atom is -0.380 e. The zero-order valence-electron chi connectivity index (χ0n) is 20.4. The van der Waals surface area contributed by atoms with Crippen LogP contribution >= 0.6 is 0 Å². The number of rotatable bonds is 6. The van der Waals surface area contributed by atoms with Gasteiger partial charge in [-0.2, -0.15) is 0 Å². The molecule has 2 unspecified atom stereocenters. The summed E-state index contributed by atoms with van der Waals surface area (Å²) in [6.07, 6.45) is 0. The van der Waals surface area contributed by atoms with Gasteiger partial charge in [-0.15, -0.1) is 0 Å². The Labute approximate surface area is 179 Å². The Morgan fingerprint density at radius 3 is 1.28 bits per heavy atom. The minimum atomic E-state index is 0.193. The largest absolute Gasteiger partial charge is 0.380 e. The molecule has 0 bridgehead atoms. The summed E-state index contributed by atoms with van der Waals surface area (Å²) in [5, 5.41) is 0. The molecule has 0 aliphatic rings. The van der Waals surface area contributed by atoms with Crippen molar-refractivity contribution in [1.29, 1.82) is 0 Å². The van der Waals surface area contributed by atoms with Gasteiger partial charge in [-0.25, -0.2) is 0 Å². The molecular formula is C28H42O. The second kappa shape index (κ2) is 9.04. The molecule has 0 saturated heterocycles.